The fraction of sp³-hybridized carbons (Fsp3) is 0.182. The molecule has 1 aromatic heterocycles. The lowest BCUT2D eigenvalue weighted by Gasteiger charge is -2.15. The van der Waals surface area contributed by atoms with Crippen LogP contribution in [-0.4, -0.2) is 46.8 Å². The lowest BCUT2D eigenvalue weighted by atomic mass is 10.1. The maximum absolute atomic E-state index is 12.8. The Labute approximate surface area is 179 Å². The normalized spacial score (nSPS) is 10.3. The lowest BCUT2D eigenvalue weighted by molar-refractivity contribution is -0.133. The van der Waals surface area contributed by atoms with Crippen LogP contribution in [0.15, 0.2) is 60.8 Å². The van der Waals surface area contributed by atoms with Gasteiger partial charge in [0.1, 0.15) is 11.3 Å². The van der Waals surface area contributed by atoms with E-state index in [0.29, 0.717) is 16.3 Å². The minimum Gasteiger partial charge on any atom is -0.452 e. The van der Waals surface area contributed by atoms with Gasteiger partial charge in [0.2, 0.25) is 0 Å². The number of hydrogen-bond donors (Lipinski definition) is 0. The summed E-state index contributed by atoms with van der Waals surface area (Å²) in [6.45, 7) is -0.147. The highest BCUT2D eigenvalue weighted by Gasteiger charge is 2.21. The Bertz CT molecular complexity index is 1070. The van der Waals surface area contributed by atoms with Crippen molar-refractivity contribution < 1.29 is 14.3 Å². The van der Waals surface area contributed by atoms with Gasteiger partial charge >= 0.3 is 5.97 Å². The minimum atomic E-state index is -0.663. The number of carbonyl (C=O) groups is 2. The number of amides is 1. The van der Waals surface area contributed by atoms with E-state index in [1.165, 1.54) is 4.90 Å². The predicted octanol–water partition coefficient (Wildman–Crippen LogP) is 3.72. The van der Waals surface area contributed by atoms with Gasteiger partial charge in [-0.25, -0.2) is 9.48 Å². The molecule has 0 aliphatic carbocycles. The van der Waals surface area contributed by atoms with Crippen molar-refractivity contribution in [3.63, 3.8) is 0 Å². The van der Waals surface area contributed by atoms with Crippen LogP contribution in [-0.2, 0) is 9.53 Å². The molecule has 0 fully saturated rings. The maximum Gasteiger partial charge on any atom is 0.342 e. The van der Waals surface area contributed by atoms with E-state index >= 15 is 0 Å². The van der Waals surface area contributed by atoms with E-state index in [0.717, 1.165) is 5.69 Å². The van der Waals surface area contributed by atoms with Gasteiger partial charge in [-0.2, -0.15) is 10.4 Å². The Morgan fingerprint density at radius 2 is 1.87 bits per heavy atom. The summed E-state index contributed by atoms with van der Waals surface area (Å²) in [6, 6.07) is 18.3. The summed E-state index contributed by atoms with van der Waals surface area (Å²) < 4.78 is 6.82. The van der Waals surface area contributed by atoms with E-state index in [1.807, 2.05) is 36.4 Å². The van der Waals surface area contributed by atoms with Gasteiger partial charge in [0.25, 0.3) is 5.91 Å². The SMILES string of the molecule is CN(CCC#N)C(=O)COC(=O)c1cn(-c2ccccc2)nc1-c1ccc(Cl)cc1. The summed E-state index contributed by atoms with van der Waals surface area (Å²) in [5.74, 6) is -1.05. The van der Waals surface area contributed by atoms with E-state index < -0.39 is 12.6 Å². The Morgan fingerprint density at radius 1 is 1.17 bits per heavy atom. The molecule has 0 saturated carbocycles. The molecule has 3 rings (SSSR count). The number of carbonyl (C=O) groups excluding carboxylic acids is 2. The second-order valence-corrected chi connectivity index (χ2v) is 6.91. The van der Waals surface area contributed by atoms with Gasteiger partial charge in [-0.15, -0.1) is 0 Å². The zero-order valence-corrected chi connectivity index (χ0v) is 17.0. The largest absolute Gasteiger partial charge is 0.452 e. The second kappa shape index (κ2) is 9.72. The standard InChI is InChI=1S/C22H19ClN4O3/c1-26(13-5-12-24)20(28)15-30-22(29)19-14-27(18-6-3-2-4-7-18)25-21(19)16-8-10-17(23)11-9-16/h2-4,6-11,14H,5,13,15H2,1H3. The molecular formula is C22H19ClN4O3. The number of benzene rings is 2. The number of rotatable bonds is 7. The van der Waals surface area contributed by atoms with Crippen LogP contribution in [0.4, 0.5) is 0 Å². The van der Waals surface area contributed by atoms with Gasteiger partial charge in [-0.1, -0.05) is 41.9 Å². The summed E-state index contributed by atoms with van der Waals surface area (Å²) in [7, 11) is 1.56. The third kappa shape index (κ3) is 5.04. The van der Waals surface area contributed by atoms with E-state index in [1.54, 1.807) is 42.2 Å². The van der Waals surface area contributed by atoms with Crippen molar-refractivity contribution >= 4 is 23.5 Å². The summed E-state index contributed by atoms with van der Waals surface area (Å²) in [5.41, 5.74) is 2.12. The van der Waals surface area contributed by atoms with Crippen molar-refractivity contribution in [3.8, 4) is 23.0 Å². The van der Waals surface area contributed by atoms with Gasteiger partial charge in [0.05, 0.1) is 18.2 Å². The van der Waals surface area contributed by atoms with Crippen LogP contribution in [0.3, 0.4) is 0 Å². The second-order valence-electron chi connectivity index (χ2n) is 6.48. The monoisotopic (exact) mass is 422 g/mol. The Morgan fingerprint density at radius 3 is 2.53 bits per heavy atom. The van der Waals surface area contributed by atoms with Crippen LogP contribution in [0, 0.1) is 11.3 Å². The highest BCUT2D eigenvalue weighted by atomic mass is 35.5. The number of ether oxygens (including phenoxy) is 1. The van der Waals surface area contributed by atoms with Crippen LogP contribution in [0.5, 0.6) is 0 Å². The van der Waals surface area contributed by atoms with Gasteiger partial charge in [-0.3, -0.25) is 4.79 Å². The van der Waals surface area contributed by atoms with Crippen molar-refractivity contribution in [2.75, 3.05) is 20.2 Å². The van der Waals surface area contributed by atoms with Gasteiger partial charge in [0.15, 0.2) is 6.61 Å². The molecule has 0 radical (unpaired) electrons. The van der Waals surface area contributed by atoms with E-state index in [-0.39, 0.29) is 24.4 Å². The molecule has 152 valence electrons. The molecule has 0 aliphatic rings. The summed E-state index contributed by atoms with van der Waals surface area (Å²) >= 11 is 5.97. The van der Waals surface area contributed by atoms with Crippen molar-refractivity contribution in [2.24, 2.45) is 0 Å². The topological polar surface area (TPSA) is 88.2 Å². The molecule has 1 amide bonds. The first-order valence-electron chi connectivity index (χ1n) is 9.18. The van der Waals surface area contributed by atoms with Crippen molar-refractivity contribution in [1.82, 2.24) is 14.7 Å². The van der Waals surface area contributed by atoms with Crippen molar-refractivity contribution in [2.45, 2.75) is 6.42 Å². The van der Waals surface area contributed by atoms with Gasteiger partial charge in [0, 0.05) is 30.4 Å². The van der Waals surface area contributed by atoms with Gasteiger partial charge in [-0.05, 0) is 24.3 Å². The van der Waals surface area contributed by atoms with Crippen LogP contribution < -0.4 is 0 Å². The number of esters is 1. The zero-order chi connectivity index (χ0) is 21.5. The van der Waals surface area contributed by atoms with Gasteiger partial charge < -0.3 is 9.64 Å². The fourth-order valence-corrected chi connectivity index (χ4v) is 2.84. The third-order valence-corrected chi connectivity index (χ3v) is 4.64. The Hall–Kier alpha value is -3.63. The molecule has 30 heavy (non-hydrogen) atoms. The van der Waals surface area contributed by atoms with E-state index in [2.05, 4.69) is 5.10 Å². The number of nitriles is 1. The molecule has 1 heterocycles. The average molecular weight is 423 g/mol. The molecule has 7 nitrogen and oxygen atoms in total. The Balaban J connectivity index is 1.86. The number of likely N-dealkylation sites (N-methyl/N-ethyl adjacent to an activating group) is 1. The minimum absolute atomic E-state index is 0.209. The number of para-hydroxylation sites is 1. The number of aromatic nitrogens is 2. The maximum atomic E-state index is 12.8. The predicted molar refractivity (Wildman–Crippen MR) is 112 cm³/mol. The molecule has 0 N–H and O–H groups in total. The molecule has 3 aromatic rings. The lowest BCUT2D eigenvalue weighted by Crippen LogP contribution is -2.31. The number of halogens is 1. The molecule has 0 spiro atoms. The van der Waals surface area contributed by atoms with Crippen molar-refractivity contribution in [3.05, 3.63) is 71.4 Å². The van der Waals surface area contributed by atoms with Crippen LogP contribution in [0.2, 0.25) is 5.02 Å². The smallest absolute Gasteiger partial charge is 0.342 e. The molecule has 0 atom stereocenters. The highest BCUT2D eigenvalue weighted by molar-refractivity contribution is 6.30. The Kier molecular flexibility index (Phi) is 6.83. The summed E-state index contributed by atoms with van der Waals surface area (Å²) in [4.78, 5) is 26.2. The first-order valence-corrected chi connectivity index (χ1v) is 9.56. The molecular weight excluding hydrogens is 404 g/mol. The fourth-order valence-electron chi connectivity index (χ4n) is 2.71. The summed E-state index contributed by atoms with van der Waals surface area (Å²) in [6.07, 6.45) is 1.78. The van der Waals surface area contributed by atoms with Crippen molar-refractivity contribution in [1.29, 1.82) is 5.26 Å². The third-order valence-electron chi connectivity index (χ3n) is 4.38. The molecule has 2 aromatic carbocycles. The molecule has 0 saturated heterocycles. The van der Waals surface area contributed by atoms with E-state index in [9.17, 15) is 9.59 Å². The first kappa shape index (κ1) is 21.1. The van der Waals surface area contributed by atoms with Crippen LogP contribution >= 0.6 is 11.6 Å². The average Bonchev–Trinajstić information content (AvgIpc) is 3.22. The van der Waals surface area contributed by atoms with E-state index in [4.69, 9.17) is 21.6 Å². The summed E-state index contributed by atoms with van der Waals surface area (Å²) in [5, 5.41) is 13.7. The molecule has 0 unspecified atom stereocenters. The molecule has 0 aliphatic heterocycles. The quantitative estimate of drug-likeness (QED) is 0.541. The number of nitrogens with zero attached hydrogens (tertiary/aromatic N) is 4. The molecule has 8 heteroatoms. The zero-order valence-electron chi connectivity index (χ0n) is 16.3. The highest BCUT2D eigenvalue weighted by Crippen LogP contribution is 2.26. The van der Waals surface area contributed by atoms with Crippen LogP contribution in [0.25, 0.3) is 16.9 Å². The van der Waals surface area contributed by atoms with Crippen LogP contribution in [0.1, 0.15) is 16.8 Å². The number of hydrogen-bond acceptors (Lipinski definition) is 5. The first-order chi connectivity index (χ1) is 14.5. The molecule has 0 bridgehead atoms.